The van der Waals surface area contributed by atoms with Crippen LogP contribution in [0.4, 0.5) is 18.9 Å². The molecule has 1 saturated carbocycles. The molecular weight excluding hydrogens is 323 g/mol. The van der Waals surface area contributed by atoms with E-state index in [9.17, 15) is 13.2 Å². The van der Waals surface area contributed by atoms with Gasteiger partial charge in [0.2, 0.25) is 0 Å². The summed E-state index contributed by atoms with van der Waals surface area (Å²) in [5.41, 5.74) is 0.787. The summed E-state index contributed by atoms with van der Waals surface area (Å²) in [5.74, 6) is 0.576. The summed E-state index contributed by atoms with van der Waals surface area (Å²) in [5, 5.41) is 3.28. The van der Waals surface area contributed by atoms with Gasteiger partial charge in [0.25, 0.3) is 0 Å². The number of nitrogens with one attached hydrogen (secondary N) is 1. The molecule has 1 unspecified atom stereocenters. The fourth-order valence-electron chi connectivity index (χ4n) is 2.00. The molecule has 0 aromatic heterocycles. The summed E-state index contributed by atoms with van der Waals surface area (Å²) in [7, 11) is 0. The molecule has 1 aromatic rings. The van der Waals surface area contributed by atoms with Crippen LogP contribution in [0.1, 0.15) is 26.2 Å². The molecule has 2 rings (SSSR count). The number of ether oxygens (including phenoxy) is 1. The van der Waals surface area contributed by atoms with E-state index in [0.717, 1.165) is 18.0 Å². The van der Waals surface area contributed by atoms with Gasteiger partial charge in [-0.2, -0.15) is 0 Å². The maximum atomic E-state index is 12.1. The zero-order chi connectivity index (χ0) is 14.0. The Labute approximate surface area is 118 Å². The molecule has 0 bridgehead atoms. The van der Waals surface area contributed by atoms with Gasteiger partial charge in [-0.3, -0.25) is 0 Å². The highest BCUT2D eigenvalue weighted by Gasteiger charge is 2.32. The van der Waals surface area contributed by atoms with Gasteiger partial charge in [0.1, 0.15) is 5.75 Å². The number of anilines is 1. The second kappa shape index (κ2) is 5.61. The Balaban J connectivity index is 1.97. The molecule has 1 aromatic carbocycles. The molecule has 0 aliphatic heterocycles. The van der Waals surface area contributed by atoms with Crippen LogP contribution in [0.3, 0.4) is 0 Å². The van der Waals surface area contributed by atoms with Crippen LogP contribution < -0.4 is 10.1 Å². The Kier molecular flexibility index (Phi) is 4.28. The van der Waals surface area contributed by atoms with Crippen molar-refractivity contribution in [2.24, 2.45) is 5.92 Å². The lowest BCUT2D eigenvalue weighted by molar-refractivity contribution is -0.274. The van der Waals surface area contributed by atoms with Gasteiger partial charge in [-0.15, -0.1) is 13.2 Å². The van der Waals surface area contributed by atoms with E-state index in [1.807, 2.05) is 0 Å². The Hall–Kier alpha value is -0.910. The van der Waals surface area contributed by atoms with Crippen molar-refractivity contribution >= 4 is 21.6 Å². The van der Waals surface area contributed by atoms with Gasteiger partial charge in [-0.25, -0.2) is 0 Å². The van der Waals surface area contributed by atoms with Gasteiger partial charge >= 0.3 is 6.36 Å². The highest BCUT2D eigenvalue weighted by Crippen LogP contribution is 2.35. The van der Waals surface area contributed by atoms with Crippen LogP contribution in [0.5, 0.6) is 5.75 Å². The van der Waals surface area contributed by atoms with Crippen molar-refractivity contribution in [1.82, 2.24) is 0 Å². The third-order valence-corrected chi connectivity index (χ3v) is 3.57. The van der Waals surface area contributed by atoms with Gasteiger partial charge in [-0.1, -0.05) is 12.8 Å². The minimum Gasteiger partial charge on any atom is -0.405 e. The highest BCUT2D eigenvalue weighted by molar-refractivity contribution is 9.10. The van der Waals surface area contributed by atoms with E-state index in [1.54, 1.807) is 12.1 Å². The molecule has 2 nitrogen and oxygen atoms in total. The van der Waals surface area contributed by atoms with E-state index in [2.05, 4.69) is 32.9 Å². The summed E-state index contributed by atoms with van der Waals surface area (Å²) in [6.45, 7) is 2.08. The number of benzene rings is 1. The maximum Gasteiger partial charge on any atom is 0.573 e. The van der Waals surface area contributed by atoms with Gasteiger partial charge in [0.15, 0.2) is 0 Å². The van der Waals surface area contributed by atoms with Crippen LogP contribution in [-0.4, -0.2) is 12.4 Å². The quantitative estimate of drug-likeness (QED) is 0.820. The van der Waals surface area contributed by atoms with Crippen molar-refractivity contribution in [2.45, 2.75) is 38.6 Å². The minimum atomic E-state index is -4.67. The van der Waals surface area contributed by atoms with Crippen molar-refractivity contribution in [3.05, 3.63) is 22.7 Å². The molecule has 0 amide bonds. The lowest BCUT2D eigenvalue weighted by Crippen LogP contribution is -2.18. The summed E-state index contributed by atoms with van der Waals surface area (Å²) in [4.78, 5) is 0. The Morgan fingerprint density at radius 2 is 2.11 bits per heavy atom. The van der Waals surface area contributed by atoms with E-state index in [-0.39, 0.29) is 10.2 Å². The fourth-order valence-corrected chi connectivity index (χ4v) is 2.45. The van der Waals surface area contributed by atoms with Crippen molar-refractivity contribution in [3.8, 4) is 5.75 Å². The van der Waals surface area contributed by atoms with Gasteiger partial charge in [0.05, 0.1) is 4.47 Å². The minimum absolute atomic E-state index is 0.229. The largest absolute Gasteiger partial charge is 0.573 e. The molecular formula is C13H15BrF3NO. The van der Waals surface area contributed by atoms with Crippen molar-refractivity contribution in [2.75, 3.05) is 5.32 Å². The molecule has 1 atom stereocenters. The van der Waals surface area contributed by atoms with Crippen LogP contribution in [-0.2, 0) is 0 Å². The summed E-state index contributed by atoms with van der Waals surface area (Å²) >= 11 is 3.09. The normalized spacial score (nSPS) is 17.1. The molecule has 1 fully saturated rings. The van der Waals surface area contributed by atoms with Crippen molar-refractivity contribution < 1.29 is 17.9 Å². The van der Waals surface area contributed by atoms with Gasteiger partial charge < -0.3 is 10.1 Å². The van der Waals surface area contributed by atoms with Crippen molar-refractivity contribution in [3.63, 3.8) is 0 Å². The third kappa shape index (κ3) is 4.93. The smallest absolute Gasteiger partial charge is 0.405 e. The van der Waals surface area contributed by atoms with Crippen LogP contribution >= 0.6 is 15.9 Å². The highest BCUT2D eigenvalue weighted by atomic mass is 79.9. The van der Waals surface area contributed by atoms with E-state index >= 15 is 0 Å². The second-order valence-corrected chi connectivity index (χ2v) is 5.77. The van der Waals surface area contributed by atoms with Crippen LogP contribution in [0.15, 0.2) is 22.7 Å². The summed E-state index contributed by atoms with van der Waals surface area (Å²) < 4.78 is 40.5. The zero-order valence-electron chi connectivity index (χ0n) is 10.4. The van der Waals surface area contributed by atoms with Crippen LogP contribution in [0, 0.1) is 5.92 Å². The first kappa shape index (κ1) is 14.5. The first-order valence-electron chi connectivity index (χ1n) is 6.15. The lowest BCUT2D eigenvalue weighted by Gasteiger charge is -2.16. The van der Waals surface area contributed by atoms with Gasteiger partial charge in [0, 0.05) is 11.7 Å². The predicted molar refractivity (Wildman–Crippen MR) is 71.3 cm³/mol. The summed E-state index contributed by atoms with van der Waals surface area (Å²) in [6, 6.07) is 4.82. The molecule has 19 heavy (non-hydrogen) atoms. The number of halogens is 4. The second-order valence-electron chi connectivity index (χ2n) is 4.92. The zero-order valence-corrected chi connectivity index (χ0v) is 12.0. The number of rotatable bonds is 5. The molecule has 0 spiro atoms. The van der Waals surface area contributed by atoms with Crippen LogP contribution in [0.2, 0.25) is 0 Å². The van der Waals surface area contributed by atoms with E-state index in [4.69, 9.17) is 0 Å². The molecule has 0 saturated heterocycles. The number of hydrogen-bond acceptors (Lipinski definition) is 2. The Morgan fingerprint density at radius 3 is 2.63 bits per heavy atom. The summed E-state index contributed by atoms with van der Waals surface area (Å²) in [6.07, 6.45) is -1.00. The number of hydrogen-bond donors (Lipinski definition) is 1. The first-order valence-corrected chi connectivity index (χ1v) is 6.94. The first-order chi connectivity index (χ1) is 8.83. The third-order valence-electron chi connectivity index (χ3n) is 2.95. The molecule has 1 N–H and O–H groups in total. The molecule has 0 heterocycles. The van der Waals surface area contributed by atoms with E-state index < -0.39 is 6.36 Å². The fraction of sp³-hybridized carbons (Fsp3) is 0.538. The maximum absolute atomic E-state index is 12.1. The van der Waals surface area contributed by atoms with Gasteiger partial charge in [-0.05, 0) is 53.4 Å². The number of alkyl halides is 3. The topological polar surface area (TPSA) is 21.3 Å². The van der Waals surface area contributed by atoms with E-state index in [1.165, 1.54) is 18.9 Å². The van der Waals surface area contributed by atoms with Crippen LogP contribution in [0.25, 0.3) is 0 Å². The van der Waals surface area contributed by atoms with Crippen molar-refractivity contribution in [1.29, 1.82) is 0 Å². The standard InChI is InChI=1S/C13H15BrF3NO/c1-8(6-9-2-3-9)18-10-4-5-12(11(14)7-10)19-13(15,16)17/h4-5,7-9,18H,2-3,6H2,1H3. The monoisotopic (exact) mass is 337 g/mol. The lowest BCUT2D eigenvalue weighted by atomic mass is 10.1. The molecule has 106 valence electrons. The average Bonchev–Trinajstić information content (AvgIpc) is 3.04. The molecule has 0 radical (unpaired) electrons. The SMILES string of the molecule is CC(CC1CC1)Nc1ccc(OC(F)(F)F)c(Br)c1. The molecule has 1 aliphatic rings. The Morgan fingerprint density at radius 1 is 1.42 bits per heavy atom. The molecule has 6 heteroatoms. The van der Waals surface area contributed by atoms with E-state index in [0.29, 0.717) is 6.04 Å². The average molecular weight is 338 g/mol. The Bertz CT molecular complexity index is 446. The predicted octanol–water partition coefficient (Wildman–Crippen LogP) is 4.95. The molecule has 1 aliphatic carbocycles.